The molecule has 1 saturated carbocycles. The fourth-order valence-corrected chi connectivity index (χ4v) is 3.16. The molecule has 0 aliphatic heterocycles. The molecule has 0 radical (unpaired) electrons. The van der Waals surface area contributed by atoms with Gasteiger partial charge in [0.1, 0.15) is 6.04 Å². The van der Waals surface area contributed by atoms with Crippen molar-refractivity contribution in [1.29, 1.82) is 0 Å². The van der Waals surface area contributed by atoms with Crippen LogP contribution >= 0.6 is 0 Å². The summed E-state index contributed by atoms with van der Waals surface area (Å²) in [7, 11) is 0. The van der Waals surface area contributed by atoms with Crippen LogP contribution in [0.15, 0.2) is 0 Å². The van der Waals surface area contributed by atoms with Crippen LogP contribution in [0, 0.1) is 11.8 Å². The third-order valence-corrected chi connectivity index (χ3v) is 4.64. The molecule has 1 amide bonds. The molecule has 4 nitrogen and oxygen atoms in total. The van der Waals surface area contributed by atoms with Crippen molar-refractivity contribution < 1.29 is 14.7 Å². The molecule has 1 aliphatic rings. The van der Waals surface area contributed by atoms with Crippen LogP contribution in [0.5, 0.6) is 0 Å². The van der Waals surface area contributed by atoms with Crippen molar-refractivity contribution in [3.63, 3.8) is 0 Å². The Hall–Kier alpha value is -1.06. The molecule has 1 fully saturated rings. The van der Waals surface area contributed by atoms with Gasteiger partial charge in [-0.1, -0.05) is 46.0 Å². The first kappa shape index (κ1) is 18.0. The third-order valence-electron chi connectivity index (χ3n) is 4.64. The summed E-state index contributed by atoms with van der Waals surface area (Å²) in [4.78, 5) is 23.4. The van der Waals surface area contributed by atoms with E-state index in [1.54, 1.807) is 0 Å². The molecule has 0 aromatic rings. The predicted octanol–water partition coefficient (Wildman–Crippen LogP) is 3.74. The second-order valence-corrected chi connectivity index (χ2v) is 6.40. The number of carbonyl (C=O) groups is 2. The molecule has 122 valence electrons. The minimum atomic E-state index is -0.909. The van der Waals surface area contributed by atoms with Crippen LogP contribution < -0.4 is 5.32 Å². The average Bonchev–Trinajstić information content (AvgIpc) is 2.49. The van der Waals surface area contributed by atoms with Crippen LogP contribution in [-0.2, 0) is 9.59 Å². The zero-order valence-corrected chi connectivity index (χ0v) is 13.6. The van der Waals surface area contributed by atoms with Crippen molar-refractivity contribution in [2.24, 2.45) is 11.8 Å². The summed E-state index contributed by atoms with van der Waals surface area (Å²) in [6.07, 6.45) is 10.2. The molecule has 0 saturated heterocycles. The van der Waals surface area contributed by atoms with Gasteiger partial charge in [-0.15, -0.1) is 0 Å². The quantitative estimate of drug-likeness (QED) is 0.681. The number of hydrogen-bond acceptors (Lipinski definition) is 2. The summed E-state index contributed by atoms with van der Waals surface area (Å²) < 4.78 is 0. The minimum Gasteiger partial charge on any atom is -0.480 e. The molecular weight excluding hydrogens is 266 g/mol. The Labute approximate surface area is 128 Å². The molecule has 0 aromatic carbocycles. The lowest BCUT2D eigenvalue weighted by Gasteiger charge is -2.28. The zero-order valence-electron chi connectivity index (χ0n) is 13.6. The summed E-state index contributed by atoms with van der Waals surface area (Å²) in [6, 6.07) is -0.713. The largest absolute Gasteiger partial charge is 0.480 e. The van der Waals surface area contributed by atoms with Crippen molar-refractivity contribution >= 4 is 11.9 Å². The van der Waals surface area contributed by atoms with Crippen LogP contribution in [0.25, 0.3) is 0 Å². The Balaban J connectivity index is 2.36. The lowest BCUT2D eigenvalue weighted by Crippen LogP contribution is -2.44. The summed E-state index contributed by atoms with van der Waals surface area (Å²) >= 11 is 0. The highest BCUT2D eigenvalue weighted by atomic mass is 16.4. The molecule has 4 heteroatoms. The number of carbonyl (C=O) groups excluding carboxylic acids is 1. The molecular formula is C17H31NO3. The highest BCUT2D eigenvalue weighted by Crippen LogP contribution is 2.32. The van der Waals surface area contributed by atoms with Crippen molar-refractivity contribution in [2.75, 3.05) is 0 Å². The van der Waals surface area contributed by atoms with E-state index in [4.69, 9.17) is 0 Å². The zero-order chi connectivity index (χ0) is 15.7. The Morgan fingerprint density at radius 1 is 1.10 bits per heavy atom. The van der Waals surface area contributed by atoms with Crippen LogP contribution in [-0.4, -0.2) is 23.0 Å². The Kier molecular flexibility index (Phi) is 8.40. The monoisotopic (exact) mass is 297 g/mol. The van der Waals surface area contributed by atoms with Crippen LogP contribution in [0.2, 0.25) is 0 Å². The third kappa shape index (κ3) is 6.49. The van der Waals surface area contributed by atoms with E-state index in [0.717, 1.165) is 44.4 Å². The van der Waals surface area contributed by atoms with Gasteiger partial charge >= 0.3 is 5.97 Å². The van der Waals surface area contributed by atoms with Gasteiger partial charge in [-0.05, 0) is 38.0 Å². The van der Waals surface area contributed by atoms with Gasteiger partial charge in [0.25, 0.3) is 0 Å². The normalized spacial score (nSPS) is 23.5. The molecule has 2 N–H and O–H groups in total. The number of carboxylic acids is 1. The topological polar surface area (TPSA) is 66.4 Å². The summed E-state index contributed by atoms with van der Waals surface area (Å²) in [5, 5.41) is 11.9. The van der Waals surface area contributed by atoms with Crippen molar-refractivity contribution in [2.45, 2.75) is 84.1 Å². The van der Waals surface area contributed by atoms with Crippen LogP contribution in [0.1, 0.15) is 78.1 Å². The molecule has 1 atom stereocenters. The molecule has 0 unspecified atom stereocenters. The number of hydrogen-bond donors (Lipinski definition) is 2. The van der Waals surface area contributed by atoms with Crippen molar-refractivity contribution in [3.05, 3.63) is 0 Å². The molecule has 0 bridgehead atoms. The predicted molar refractivity (Wildman–Crippen MR) is 84.1 cm³/mol. The summed E-state index contributed by atoms with van der Waals surface area (Å²) in [5.74, 6) is -0.170. The fraction of sp³-hybridized carbons (Fsp3) is 0.882. The van der Waals surface area contributed by atoms with Gasteiger partial charge in [0, 0.05) is 5.92 Å². The van der Waals surface area contributed by atoms with E-state index in [9.17, 15) is 14.7 Å². The van der Waals surface area contributed by atoms with Crippen LogP contribution in [0.4, 0.5) is 0 Å². The average molecular weight is 297 g/mol. The smallest absolute Gasteiger partial charge is 0.326 e. The molecule has 0 heterocycles. The van der Waals surface area contributed by atoms with Gasteiger partial charge in [0.05, 0.1) is 0 Å². The van der Waals surface area contributed by atoms with E-state index in [1.807, 2.05) is 6.92 Å². The highest BCUT2D eigenvalue weighted by Gasteiger charge is 2.28. The van der Waals surface area contributed by atoms with E-state index < -0.39 is 12.0 Å². The van der Waals surface area contributed by atoms with E-state index in [2.05, 4.69) is 12.2 Å². The van der Waals surface area contributed by atoms with E-state index in [-0.39, 0.29) is 11.8 Å². The first-order chi connectivity index (χ1) is 10.1. The second-order valence-electron chi connectivity index (χ2n) is 6.40. The van der Waals surface area contributed by atoms with Crippen LogP contribution in [0.3, 0.4) is 0 Å². The Morgan fingerprint density at radius 2 is 1.71 bits per heavy atom. The lowest BCUT2D eigenvalue weighted by atomic mass is 9.79. The number of aliphatic carboxylic acids is 1. The number of nitrogens with one attached hydrogen (secondary N) is 1. The SMILES string of the molecule is CCCCC1CCC(C(=O)N[C@@H](CCCC)C(=O)O)CC1. The van der Waals surface area contributed by atoms with Gasteiger partial charge in [-0.2, -0.15) is 0 Å². The molecule has 1 rings (SSSR count). The van der Waals surface area contributed by atoms with Gasteiger partial charge in [-0.25, -0.2) is 4.79 Å². The summed E-state index contributed by atoms with van der Waals surface area (Å²) in [6.45, 7) is 4.24. The molecule has 21 heavy (non-hydrogen) atoms. The maximum Gasteiger partial charge on any atom is 0.326 e. The maximum absolute atomic E-state index is 12.2. The maximum atomic E-state index is 12.2. The van der Waals surface area contributed by atoms with Gasteiger partial charge in [0.15, 0.2) is 0 Å². The molecule has 0 spiro atoms. The minimum absolute atomic E-state index is 0.0198. The standard InChI is InChI=1S/C17H31NO3/c1-3-5-7-13-9-11-14(12-10-13)16(19)18-15(17(20)21)8-6-4-2/h13-15H,3-12H2,1-2H3,(H,18,19)(H,20,21)/t13?,14?,15-/m0/s1. The van der Waals surface area contributed by atoms with E-state index in [0.29, 0.717) is 6.42 Å². The van der Waals surface area contributed by atoms with Gasteiger partial charge in [-0.3, -0.25) is 4.79 Å². The van der Waals surface area contributed by atoms with Gasteiger partial charge < -0.3 is 10.4 Å². The Bertz CT molecular complexity index is 322. The Morgan fingerprint density at radius 3 is 2.24 bits per heavy atom. The first-order valence-corrected chi connectivity index (χ1v) is 8.61. The van der Waals surface area contributed by atoms with Gasteiger partial charge in [0.2, 0.25) is 5.91 Å². The van der Waals surface area contributed by atoms with Crippen molar-refractivity contribution in [3.8, 4) is 0 Å². The molecule has 1 aliphatic carbocycles. The number of unbranched alkanes of at least 4 members (excludes halogenated alkanes) is 2. The second kappa shape index (κ2) is 9.80. The van der Waals surface area contributed by atoms with Crippen molar-refractivity contribution in [1.82, 2.24) is 5.32 Å². The molecule has 0 aromatic heterocycles. The first-order valence-electron chi connectivity index (χ1n) is 8.61. The highest BCUT2D eigenvalue weighted by molar-refractivity contribution is 5.84. The number of amides is 1. The fourth-order valence-electron chi connectivity index (χ4n) is 3.16. The number of carboxylic acid groups (broad SMARTS) is 1. The van der Waals surface area contributed by atoms with E-state index >= 15 is 0 Å². The number of rotatable bonds is 9. The summed E-state index contributed by atoms with van der Waals surface area (Å²) in [5.41, 5.74) is 0. The van der Waals surface area contributed by atoms with E-state index in [1.165, 1.54) is 19.3 Å². The lowest BCUT2D eigenvalue weighted by molar-refractivity contribution is -0.143.